The van der Waals surface area contributed by atoms with Crippen molar-refractivity contribution in [1.29, 1.82) is 0 Å². The van der Waals surface area contributed by atoms with Crippen molar-refractivity contribution < 1.29 is 29.6 Å². The highest BCUT2D eigenvalue weighted by Gasteiger charge is 2.83. The number of aliphatic hydroxyl groups excluding tert-OH is 1. The molecule has 0 bridgehead atoms. The lowest BCUT2D eigenvalue weighted by Crippen LogP contribution is -2.80. The number of nitrogens with zero attached hydrogens (tertiary/aromatic N) is 1. The van der Waals surface area contributed by atoms with Gasteiger partial charge >= 0.3 is 5.69 Å². The van der Waals surface area contributed by atoms with Gasteiger partial charge in [-0.15, -0.1) is 0 Å². The third kappa shape index (κ3) is 2.98. The molecule has 11 heteroatoms. The Kier molecular flexibility index (Phi) is 6.20. The molecule has 0 spiro atoms. The van der Waals surface area contributed by atoms with Crippen molar-refractivity contribution in [3.8, 4) is 0 Å². The van der Waals surface area contributed by atoms with Crippen LogP contribution in [0.5, 0.6) is 0 Å². The van der Waals surface area contributed by atoms with Crippen molar-refractivity contribution in [2.45, 2.75) is 81.8 Å². The van der Waals surface area contributed by atoms with E-state index in [0.717, 1.165) is 19.2 Å². The van der Waals surface area contributed by atoms with Crippen LogP contribution in [-0.2, 0) is 20.1 Å². The van der Waals surface area contributed by atoms with Crippen LogP contribution in [0.15, 0.2) is 21.9 Å². The van der Waals surface area contributed by atoms with Gasteiger partial charge in [-0.2, -0.15) is 0 Å². The first-order chi connectivity index (χ1) is 14.0. The molecule has 0 aromatic carbocycles. The highest BCUT2D eigenvalue weighted by Crippen LogP contribution is 2.58. The Morgan fingerprint density at radius 2 is 1.81 bits per heavy atom. The molecule has 174 valence electrons. The van der Waals surface area contributed by atoms with E-state index in [1.165, 1.54) is 6.92 Å². The number of carbonyl (C=O) groups excluding carboxylic acids is 2. The van der Waals surface area contributed by atoms with Gasteiger partial charge in [-0.25, -0.2) is 4.79 Å². The van der Waals surface area contributed by atoms with Gasteiger partial charge < -0.3 is 20.1 Å². The number of aliphatic hydroxyl groups is 3. The van der Waals surface area contributed by atoms with E-state index in [9.17, 15) is 34.5 Å². The van der Waals surface area contributed by atoms with Crippen LogP contribution in [-0.4, -0.2) is 68.0 Å². The number of carbonyl (C=O) groups is 2. The molecule has 1 aromatic heterocycles. The third-order valence-corrected chi connectivity index (χ3v) is 13.5. The van der Waals surface area contributed by atoms with Crippen LogP contribution in [0.3, 0.4) is 0 Å². The highest BCUT2D eigenvalue weighted by molar-refractivity contribution is 6.83. The molecule has 0 saturated carbocycles. The zero-order chi connectivity index (χ0) is 24.2. The van der Waals surface area contributed by atoms with E-state index >= 15 is 0 Å². The number of H-pyrrole nitrogens is 1. The summed E-state index contributed by atoms with van der Waals surface area (Å²) in [6.07, 6.45) is -0.891. The van der Waals surface area contributed by atoms with E-state index in [1.807, 2.05) is 25.8 Å². The number of nitrogens with one attached hydrogen (secondary N) is 1. The summed E-state index contributed by atoms with van der Waals surface area (Å²) in [5, 5.41) is 31.4. The molecule has 1 aromatic rings. The molecule has 31 heavy (non-hydrogen) atoms. The summed E-state index contributed by atoms with van der Waals surface area (Å²) in [6, 6.07) is 0.938. The fourth-order valence-corrected chi connectivity index (χ4v) is 7.86. The lowest BCUT2D eigenvalue weighted by molar-refractivity contribution is -0.204. The SMILES string of the molecule is CCC(=O)[C@@]1(n2ccc(=O)[nH]c2=O)O[C@H](CO)[C@](O)([Si](C)(C)C(C)(C)C)[C@]1(O)C(C)=O. The van der Waals surface area contributed by atoms with Gasteiger partial charge in [0.25, 0.3) is 5.56 Å². The van der Waals surface area contributed by atoms with Gasteiger partial charge in [0.1, 0.15) is 11.3 Å². The van der Waals surface area contributed by atoms with Crippen molar-refractivity contribution in [2.24, 2.45) is 0 Å². The normalized spacial score (nSPS) is 31.6. The van der Waals surface area contributed by atoms with Gasteiger partial charge in [0.15, 0.2) is 11.6 Å². The average molecular weight is 457 g/mol. The molecule has 1 saturated heterocycles. The molecule has 2 rings (SSSR count). The first-order valence-corrected chi connectivity index (χ1v) is 13.1. The number of Topliss-reactive ketones (excluding diaryl/α,β-unsaturated/α-hetero) is 2. The minimum Gasteiger partial charge on any atom is -0.394 e. The number of ketones is 2. The molecule has 0 unspecified atom stereocenters. The van der Waals surface area contributed by atoms with Gasteiger partial charge in [-0.3, -0.25) is 23.9 Å². The van der Waals surface area contributed by atoms with Crippen molar-refractivity contribution in [2.75, 3.05) is 6.61 Å². The summed E-state index contributed by atoms with van der Waals surface area (Å²) in [7, 11) is -3.23. The zero-order valence-electron chi connectivity index (χ0n) is 19.0. The first-order valence-electron chi connectivity index (χ1n) is 10.1. The maximum atomic E-state index is 13.4. The molecular formula is C20H32N2O8Si. The molecule has 4 N–H and O–H groups in total. The van der Waals surface area contributed by atoms with Crippen LogP contribution in [0.1, 0.15) is 41.0 Å². The minimum atomic E-state index is -3.23. The topological polar surface area (TPSA) is 159 Å². The second-order valence-corrected chi connectivity index (χ2v) is 15.1. The van der Waals surface area contributed by atoms with E-state index in [1.54, 1.807) is 13.1 Å². The summed E-state index contributed by atoms with van der Waals surface area (Å²) in [4.78, 5) is 52.8. The van der Waals surface area contributed by atoms with Crippen LogP contribution < -0.4 is 11.2 Å². The Labute approximate surface area is 180 Å². The smallest absolute Gasteiger partial charge is 0.331 e. The maximum Gasteiger partial charge on any atom is 0.331 e. The van der Waals surface area contributed by atoms with Gasteiger partial charge in [0, 0.05) is 18.7 Å². The Bertz CT molecular complexity index is 1010. The summed E-state index contributed by atoms with van der Waals surface area (Å²) in [6.45, 7) is 10.5. The lowest BCUT2D eigenvalue weighted by Gasteiger charge is -2.54. The van der Waals surface area contributed by atoms with Gasteiger partial charge in [0.05, 0.1) is 14.7 Å². The molecule has 1 fully saturated rings. The summed E-state index contributed by atoms with van der Waals surface area (Å²) in [5.74, 6) is -1.87. The van der Waals surface area contributed by atoms with E-state index in [0.29, 0.717) is 4.57 Å². The third-order valence-electron chi connectivity index (χ3n) is 7.19. The second-order valence-electron chi connectivity index (χ2n) is 9.60. The second kappa shape index (κ2) is 7.59. The van der Waals surface area contributed by atoms with E-state index in [4.69, 9.17) is 4.74 Å². The molecular weight excluding hydrogens is 424 g/mol. The van der Waals surface area contributed by atoms with E-state index in [-0.39, 0.29) is 6.42 Å². The predicted octanol–water partition coefficient (Wildman–Crippen LogP) is -0.341. The number of aromatic amines is 1. The standard InChI is InChI=1S/C20H32N2O8Si/c1-8-13(25)19(22-10-9-15(26)21-16(22)27)18(28,12(2)24)20(29,14(11-23)30-19)31(6,7)17(3,4)5/h9-10,14,23,28-29H,8,11H2,1-7H3,(H,21,26,27)/t14-,18+,19-,20+/m1/s1. The van der Waals surface area contributed by atoms with Crippen molar-refractivity contribution in [1.82, 2.24) is 9.55 Å². The van der Waals surface area contributed by atoms with Crippen LogP contribution in [0, 0.1) is 0 Å². The minimum absolute atomic E-state index is 0.271. The first kappa shape index (κ1) is 25.3. The average Bonchev–Trinajstić information content (AvgIpc) is 2.88. The lowest BCUT2D eigenvalue weighted by atomic mass is 9.78. The molecule has 1 aliphatic rings. The molecule has 10 nitrogen and oxygen atoms in total. The van der Waals surface area contributed by atoms with Crippen LogP contribution in [0.4, 0.5) is 0 Å². The van der Waals surface area contributed by atoms with Crippen molar-refractivity contribution >= 4 is 19.6 Å². The van der Waals surface area contributed by atoms with Crippen LogP contribution in [0.2, 0.25) is 18.1 Å². The summed E-state index contributed by atoms with van der Waals surface area (Å²) >= 11 is 0. The predicted molar refractivity (Wildman–Crippen MR) is 114 cm³/mol. The molecule has 1 aliphatic heterocycles. The molecule has 0 aliphatic carbocycles. The number of rotatable bonds is 6. The Balaban J connectivity index is 3.13. The van der Waals surface area contributed by atoms with E-state index in [2.05, 4.69) is 0 Å². The van der Waals surface area contributed by atoms with Gasteiger partial charge in [-0.05, 0) is 12.0 Å². The number of hydrogen-bond donors (Lipinski definition) is 4. The number of ether oxygens (including phenoxy) is 1. The number of hydrogen-bond acceptors (Lipinski definition) is 8. The van der Waals surface area contributed by atoms with E-state index < -0.39 is 65.2 Å². The molecule has 0 amide bonds. The monoisotopic (exact) mass is 456 g/mol. The maximum absolute atomic E-state index is 13.4. The van der Waals surface area contributed by atoms with Crippen LogP contribution >= 0.6 is 0 Å². The molecule has 0 radical (unpaired) electrons. The van der Waals surface area contributed by atoms with Crippen LogP contribution in [0.25, 0.3) is 0 Å². The molecule has 2 heterocycles. The Hall–Kier alpha value is -1.92. The molecule has 4 atom stereocenters. The largest absolute Gasteiger partial charge is 0.394 e. The van der Waals surface area contributed by atoms with Gasteiger partial charge in [0.2, 0.25) is 11.3 Å². The quantitative estimate of drug-likeness (QED) is 0.423. The Morgan fingerprint density at radius 3 is 2.19 bits per heavy atom. The van der Waals surface area contributed by atoms with Crippen molar-refractivity contribution in [3.05, 3.63) is 33.1 Å². The fraction of sp³-hybridized carbons (Fsp3) is 0.700. The van der Waals surface area contributed by atoms with Crippen molar-refractivity contribution in [3.63, 3.8) is 0 Å². The summed E-state index contributed by atoms with van der Waals surface area (Å²) < 4.78 is 6.52. The fourth-order valence-electron chi connectivity index (χ4n) is 4.51. The van der Waals surface area contributed by atoms with Gasteiger partial charge in [-0.1, -0.05) is 40.8 Å². The highest BCUT2D eigenvalue weighted by atomic mass is 28.3. The number of aromatic nitrogens is 2. The zero-order valence-corrected chi connectivity index (χ0v) is 20.0. The Morgan fingerprint density at radius 1 is 1.26 bits per heavy atom. The summed E-state index contributed by atoms with van der Waals surface area (Å²) in [5.41, 5.74) is -7.48.